The number of nitriles is 1. The van der Waals surface area contributed by atoms with Crippen LogP contribution in [0, 0.1) is 11.3 Å². The second kappa shape index (κ2) is 11.0. The number of pyridine rings is 1. The lowest BCUT2D eigenvalue weighted by atomic mass is 9.99. The molecule has 3 aromatic rings. The Morgan fingerprint density at radius 1 is 1.12 bits per heavy atom. The second-order valence-electron chi connectivity index (χ2n) is 11.3. The third-order valence-corrected chi connectivity index (χ3v) is 6.95. The lowest BCUT2D eigenvalue weighted by Crippen LogP contribution is -2.39. The predicted molar refractivity (Wildman–Crippen MR) is 154 cm³/mol. The minimum atomic E-state index is -0.541. The molecule has 0 radical (unpaired) electrons. The van der Waals surface area contributed by atoms with Crippen molar-refractivity contribution in [3.63, 3.8) is 0 Å². The van der Waals surface area contributed by atoms with Gasteiger partial charge in [0.15, 0.2) is 0 Å². The molecule has 3 N–H and O–H groups in total. The zero-order chi connectivity index (χ0) is 29.2. The fourth-order valence-corrected chi connectivity index (χ4v) is 4.64. The first kappa shape index (κ1) is 27.8. The average molecular weight is 555 g/mol. The van der Waals surface area contributed by atoms with Crippen LogP contribution in [0.25, 0.3) is 0 Å². The number of amides is 2. The van der Waals surface area contributed by atoms with E-state index in [0.29, 0.717) is 49.3 Å². The minimum Gasteiger partial charge on any atom is -0.444 e. The quantitative estimate of drug-likeness (QED) is 0.369. The summed E-state index contributed by atoms with van der Waals surface area (Å²) in [6, 6.07) is 13.7. The molecule has 3 heterocycles. The molecule has 1 fully saturated rings. The van der Waals surface area contributed by atoms with Gasteiger partial charge in [0.2, 0.25) is 5.95 Å². The van der Waals surface area contributed by atoms with Crippen LogP contribution in [0.3, 0.4) is 0 Å². The number of hydrogen-bond acceptors (Lipinski definition) is 9. The standard InChI is InChI=1S/C30H34N8O3/c1-5-32-26(39)22-16-33-27(37-25(22)36-24-8-6-7-23(35-24)30(18-31)12-13-30)34-21-10-9-20-17-38(14-11-19(20)15-21)28(40)41-29(2,3)4/h6-10,15-16H,5,11-14,17H2,1-4H3,(H,32,39)(H2,33,34,35,36,37). The molecule has 1 aliphatic carbocycles. The van der Waals surface area contributed by atoms with Gasteiger partial charge in [0.1, 0.15) is 22.8 Å². The van der Waals surface area contributed by atoms with Crippen LogP contribution in [0.2, 0.25) is 0 Å². The molecule has 41 heavy (non-hydrogen) atoms. The summed E-state index contributed by atoms with van der Waals surface area (Å²) >= 11 is 0. The van der Waals surface area contributed by atoms with Crippen molar-refractivity contribution in [2.24, 2.45) is 0 Å². The van der Waals surface area contributed by atoms with Gasteiger partial charge in [-0.25, -0.2) is 14.8 Å². The van der Waals surface area contributed by atoms with Crippen LogP contribution < -0.4 is 16.0 Å². The molecule has 11 heteroatoms. The molecular weight excluding hydrogens is 520 g/mol. The van der Waals surface area contributed by atoms with Gasteiger partial charge in [-0.1, -0.05) is 12.1 Å². The highest BCUT2D eigenvalue weighted by Gasteiger charge is 2.46. The number of carbonyl (C=O) groups excluding carboxylic acids is 2. The van der Waals surface area contributed by atoms with Crippen LogP contribution in [-0.2, 0) is 23.1 Å². The van der Waals surface area contributed by atoms with Crippen molar-refractivity contribution in [2.45, 2.75) is 64.5 Å². The monoisotopic (exact) mass is 554 g/mol. The SMILES string of the molecule is CCNC(=O)c1cnc(Nc2ccc3c(c2)CCN(C(=O)OC(C)(C)C)C3)nc1Nc1cccc(C2(C#N)CC2)n1. The van der Waals surface area contributed by atoms with E-state index in [9.17, 15) is 14.9 Å². The number of nitrogens with one attached hydrogen (secondary N) is 3. The molecule has 2 amide bonds. The van der Waals surface area contributed by atoms with E-state index in [1.807, 2.05) is 58.0 Å². The first-order valence-corrected chi connectivity index (χ1v) is 13.8. The molecule has 1 aliphatic heterocycles. The third kappa shape index (κ3) is 6.38. The van der Waals surface area contributed by atoms with Crippen molar-refractivity contribution in [2.75, 3.05) is 23.7 Å². The Hall–Kier alpha value is -4.72. The highest BCUT2D eigenvalue weighted by atomic mass is 16.6. The Bertz CT molecular complexity index is 1520. The van der Waals surface area contributed by atoms with E-state index in [1.54, 1.807) is 11.0 Å². The Labute approximate surface area is 239 Å². The van der Waals surface area contributed by atoms with E-state index in [1.165, 1.54) is 6.20 Å². The summed E-state index contributed by atoms with van der Waals surface area (Å²) in [5.41, 5.74) is 2.87. The summed E-state index contributed by atoms with van der Waals surface area (Å²) in [7, 11) is 0. The maximum Gasteiger partial charge on any atom is 0.410 e. The van der Waals surface area contributed by atoms with Gasteiger partial charge in [-0.2, -0.15) is 10.2 Å². The van der Waals surface area contributed by atoms with Crippen LogP contribution in [0.5, 0.6) is 0 Å². The van der Waals surface area contributed by atoms with Gasteiger partial charge in [-0.05, 0) is 82.3 Å². The van der Waals surface area contributed by atoms with E-state index in [-0.39, 0.29) is 17.6 Å². The van der Waals surface area contributed by atoms with Crippen molar-refractivity contribution >= 4 is 35.3 Å². The highest BCUT2D eigenvalue weighted by Crippen LogP contribution is 2.46. The molecule has 2 aliphatic rings. The van der Waals surface area contributed by atoms with Gasteiger partial charge in [0.25, 0.3) is 5.91 Å². The Morgan fingerprint density at radius 2 is 1.93 bits per heavy atom. The summed E-state index contributed by atoms with van der Waals surface area (Å²) in [5, 5.41) is 18.8. The minimum absolute atomic E-state index is 0.277. The summed E-state index contributed by atoms with van der Waals surface area (Å²) in [5.74, 6) is 0.781. The molecule has 1 saturated carbocycles. The summed E-state index contributed by atoms with van der Waals surface area (Å²) in [4.78, 5) is 40.6. The van der Waals surface area contributed by atoms with Gasteiger partial charge in [-0.3, -0.25) is 4.79 Å². The third-order valence-electron chi connectivity index (χ3n) is 6.95. The molecule has 0 saturated heterocycles. The summed E-state index contributed by atoms with van der Waals surface area (Å²) < 4.78 is 5.53. The molecule has 0 bridgehead atoms. The number of aromatic nitrogens is 3. The molecule has 2 aromatic heterocycles. The van der Waals surface area contributed by atoms with Gasteiger partial charge < -0.3 is 25.6 Å². The predicted octanol–water partition coefficient (Wildman–Crippen LogP) is 4.96. The maximum absolute atomic E-state index is 12.8. The molecule has 212 valence electrons. The van der Waals surface area contributed by atoms with Crippen molar-refractivity contribution in [3.05, 3.63) is 65.0 Å². The van der Waals surface area contributed by atoms with E-state index >= 15 is 0 Å². The maximum atomic E-state index is 12.8. The van der Waals surface area contributed by atoms with Gasteiger partial charge in [0, 0.05) is 31.5 Å². The van der Waals surface area contributed by atoms with E-state index in [2.05, 4.69) is 37.0 Å². The van der Waals surface area contributed by atoms with Crippen LogP contribution in [-0.4, -0.2) is 50.5 Å². The summed E-state index contributed by atoms with van der Waals surface area (Å²) in [6.45, 7) is 8.92. The average Bonchev–Trinajstić information content (AvgIpc) is 3.74. The fraction of sp³-hybridized carbons (Fsp3) is 0.400. The topological polar surface area (TPSA) is 145 Å². The van der Waals surface area contributed by atoms with E-state index in [4.69, 9.17) is 4.74 Å². The number of carbonyl (C=O) groups is 2. The molecule has 0 atom stereocenters. The smallest absolute Gasteiger partial charge is 0.410 e. The van der Waals surface area contributed by atoms with Crippen molar-refractivity contribution in [3.8, 4) is 6.07 Å². The molecule has 0 spiro atoms. The van der Waals surface area contributed by atoms with Crippen LogP contribution in [0.15, 0.2) is 42.6 Å². The van der Waals surface area contributed by atoms with Crippen molar-refractivity contribution in [1.82, 2.24) is 25.2 Å². The molecule has 1 aromatic carbocycles. The zero-order valence-electron chi connectivity index (χ0n) is 23.7. The number of benzene rings is 1. The van der Waals surface area contributed by atoms with Crippen LogP contribution >= 0.6 is 0 Å². The number of ether oxygens (including phenoxy) is 1. The van der Waals surface area contributed by atoms with Crippen molar-refractivity contribution in [1.29, 1.82) is 5.26 Å². The number of hydrogen-bond donors (Lipinski definition) is 3. The van der Waals surface area contributed by atoms with E-state index < -0.39 is 11.0 Å². The number of rotatable bonds is 7. The molecule has 0 unspecified atom stereocenters. The number of nitrogens with zero attached hydrogens (tertiary/aromatic N) is 5. The first-order chi connectivity index (χ1) is 19.6. The molecular formula is C30H34N8O3. The van der Waals surface area contributed by atoms with E-state index in [0.717, 1.165) is 29.7 Å². The lowest BCUT2D eigenvalue weighted by molar-refractivity contribution is 0.0224. The Morgan fingerprint density at radius 3 is 2.63 bits per heavy atom. The van der Waals surface area contributed by atoms with Gasteiger partial charge >= 0.3 is 6.09 Å². The van der Waals surface area contributed by atoms with Gasteiger partial charge in [-0.15, -0.1) is 0 Å². The number of anilines is 4. The lowest BCUT2D eigenvalue weighted by Gasteiger charge is -2.31. The highest BCUT2D eigenvalue weighted by molar-refractivity contribution is 5.99. The first-order valence-electron chi connectivity index (χ1n) is 13.8. The largest absolute Gasteiger partial charge is 0.444 e. The normalized spacial score (nSPS) is 15.2. The second-order valence-corrected chi connectivity index (χ2v) is 11.3. The molecule has 5 rings (SSSR count). The fourth-order valence-electron chi connectivity index (χ4n) is 4.64. The summed E-state index contributed by atoms with van der Waals surface area (Å²) in [6.07, 6.45) is 3.42. The molecule has 11 nitrogen and oxygen atoms in total. The van der Waals surface area contributed by atoms with Crippen LogP contribution in [0.1, 0.15) is 67.7 Å². The van der Waals surface area contributed by atoms with Crippen molar-refractivity contribution < 1.29 is 14.3 Å². The zero-order valence-corrected chi connectivity index (χ0v) is 23.7. The van der Waals surface area contributed by atoms with Crippen LogP contribution in [0.4, 0.5) is 28.1 Å². The number of fused-ring (bicyclic) bond motifs is 1. The Balaban J connectivity index is 1.35. The Kier molecular flexibility index (Phi) is 7.49. The van der Waals surface area contributed by atoms with Gasteiger partial charge in [0.05, 0.1) is 17.2 Å².